The van der Waals surface area contributed by atoms with E-state index in [1.165, 1.54) is 0 Å². The number of halogens is 3. The van der Waals surface area contributed by atoms with E-state index in [9.17, 15) is 13.6 Å². The number of benzene rings is 1. The summed E-state index contributed by atoms with van der Waals surface area (Å²) in [5.74, 6) is -2.81. The summed E-state index contributed by atoms with van der Waals surface area (Å²) in [7, 11) is 0. The van der Waals surface area contributed by atoms with Crippen LogP contribution in [-0.4, -0.2) is 12.1 Å². The van der Waals surface area contributed by atoms with Crippen molar-refractivity contribution in [1.82, 2.24) is 0 Å². The molecule has 0 aromatic heterocycles. The molecule has 0 spiro atoms. The largest absolute Gasteiger partial charge is 0.459 e. The lowest BCUT2D eigenvalue weighted by atomic mass is 10.1. The number of nitrogens with two attached hydrogens (primary N) is 1. The molecule has 2 N–H and O–H groups in total. The van der Waals surface area contributed by atoms with E-state index >= 15 is 0 Å². The first-order valence-corrected chi connectivity index (χ1v) is 5.27. The lowest BCUT2D eigenvalue weighted by Crippen LogP contribution is -2.16. The lowest BCUT2D eigenvalue weighted by molar-refractivity contribution is 0.0374. The highest BCUT2D eigenvalue weighted by atomic mass is 79.9. The Morgan fingerprint density at radius 3 is 2.50 bits per heavy atom. The highest BCUT2D eigenvalue weighted by Crippen LogP contribution is 2.29. The molecule has 0 aliphatic carbocycles. The van der Waals surface area contributed by atoms with Crippen LogP contribution in [-0.2, 0) is 4.74 Å². The summed E-state index contributed by atoms with van der Waals surface area (Å²) in [5, 5.41) is 0. The van der Waals surface area contributed by atoms with Gasteiger partial charge in [0.25, 0.3) is 0 Å². The number of hydrogen-bond donors (Lipinski definition) is 1. The standard InChI is InChI=1S/C10H10BrF2NO2/c1-4(2)16-10(15)7-5(12)3-6(13)8(11)9(7)14/h3-4H,14H2,1-2H3. The van der Waals surface area contributed by atoms with E-state index in [2.05, 4.69) is 15.9 Å². The number of hydrogen-bond acceptors (Lipinski definition) is 3. The van der Waals surface area contributed by atoms with Crippen molar-refractivity contribution in [3.63, 3.8) is 0 Å². The van der Waals surface area contributed by atoms with Crippen molar-refractivity contribution in [2.45, 2.75) is 20.0 Å². The topological polar surface area (TPSA) is 52.3 Å². The highest BCUT2D eigenvalue weighted by Gasteiger charge is 2.22. The summed E-state index contributed by atoms with van der Waals surface area (Å²) in [6.07, 6.45) is -0.407. The molecule has 0 bridgehead atoms. The first-order valence-electron chi connectivity index (χ1n) is 4.48. The molecule has 0 saturated carbocycles. The van der Waals surface area contributed by atoms with Gasteiger partial charge in [-0.05, 0) is 29.8 Å². The van der Waals surface area contributed by atoms with Crippen LogP contribution in [0.15, 0.2) is 10.5 Å². The zero-order valence-electron chi connectivity index (χ0n) is 8.68. The van der Waals surface area contributed by atoms with Crippen LogP contribution < -0.4 is 5.73 Å². The smallest absolute Gasteiger partial charge is 0.343 e. The molecule has 0 heterocycles. The normalized spacial score (nSPS) is 10.6. The molecule has 3 nitrogen and oxygen atoms in total. The maximum atomic E-state index is 13.4. The fraction of sp³-hybridized carbons (Fsp3) is 0.300. The molecule has 16 heavy (non-hydrogen) atoms. The van der Waals surface area contributed by atoms with Crippen LogP contribution in [0, 0.1) is 11.6 Å². The van der Waals surface area contributed by atoms with E-state index < -0.39 is 29.3 Å². The molecule has 1 aromatic carbocycles. The van der Waals surface area contributed by atoms with Crippen molar-refractivity contribution in [1.29, 1.82) is 0 Å². The van der Waals surface area contributed by atoms with Crippen molar-refractivity contribution in [2.75, 3.05) is 5.73 Å². The molecule has 0 atom stereocenters. The zero-order valence-corrected chi connectivity index (χ0v) is 10.3. The third kappa shape index (κ3) is 2.49. The summed E-state index contributed by atoms with van der Waals surface area (Å²) in [5.41, 5.74) is 4.67. The van der Waals surface area contributed by atoms with Gasteiger partial charge in [-0.1, -0.05) is 0 Å². The molecular formula is C10H10BrF2NO2. The number of carbonyl (C=O) groups excluding carboxylic acids is 1. The van der Waals surface area contributed by atoms with Crippen LogP contribution in [0.5, 0.6) is 0 Å². The third-order valence-electron chi connectivity index (χ3n) is 1.75. The molecule has 1 aromatic rings. The average molecular weight is 294 g/mol. The molecule has 0 amide bonds. The molecule has 0 radical (unpaired) electrons. The fourth-order valence-electron chi connectivity index (χ4n) is 1.09. The predicted molar refractivity (Wildman–Crippen MR) is 59.0 cm³/mol. The molecule has 88 valence electrons. The van der Waals surface area contributed by atoms with Gasteiger partial charge in [-0.15, -0.1) is 0 Å². The summed E-state index contributed by atoms with van der Waals surface area (Å²) in [6, 6.07) is 0.581. The van der Waals surface area contributed by atoms with Crippen molar-refractivity contribution in [3.05, 3.63) is 27.7 Å². The van der Waals surface area contributed by atoms with Gasteiger partial charge >= 0.3 is 5.97 Å². The van der Waals surface area contributed by atoms with Gasteiger partial charge < -0.3 is 10.5 Å². The molecule has 0 unspecified atom stereocenters. The number of rotatable bonds is 2. The lowest BCUT2D eigenvalue weighted by Gasteiger charge is -2.11. The summed E-state index contributed by atoms with van der Waals surface area (Å²) in [6.45, 7) is 3.23. The first kappa shape index (κ1) is 12.9. The summed E-state index contributed by atoms with van der Waals surface area (Å²) < 4.78 is 31.0. The molecule has 6 heteroatoms. The van der Waals surface area contributed by atoms with E-state index in [1.807, 2.05) is 0 Å². The Labute approximate surface area is 99.7 Å². The van der Waals surface area contributed by atoms with Crippen LogP contribution in [0.25, 0.3) is 0 Å². The van der Waals surface area contributed by atoms with E-state index in [0.29, 0.717) is 6.07 Å². The molecule has 0 aliphatic rings. The Hall–Kier alpha value is -1.17. The van der Waals surface area contributed by atoms with Crippen LogP contribution in [0.3, 0.4) is 0 Å². The number of anilines is 1. The quantitative estimate of drug-likeness (QED) is 0.518. The van der Waals surface area contributed by atoms with Gasteiger partial charge in [0.1, 0.15) is 17.2 Å². The van der Waals surface area contributed by atoms with Crippen LogP contribution in [0.4, 0.5) is 14.5 Å². The highest BCUT2D eigenvalue weighted by molar-refractivity contribution is 9.10. The van der Waals surface area contributed by atoms with Gasteiger partial charge in [-0.3, -0.25) is 0 Å². The summed E-state index contributed by atoms with van der Waals surface area (Å²) in [4.78, 5) is 11.5. The number of esters is 1. The van der Waals surface area contributed by atoms with Gasteiger partial charge in [-0.25, -0.2) is 13.6 Å². The van der Waals surface area contributed by atoms with Crippen LogP contribution in [0.2, 0.25) is 0 Å². The SMILES string of the molecule is CC(C)OC(=O)c1c(F)cc(F)c(Br)c1N. The molecule has 0 saturated heterocycles. The number of ether oxygens (including phenoxy) is 1. The molecule has 1 rings (SSSR count). The van der Waals surface area contributed by atoms with Crippen molar-refractivity contribution in [2.24, 2.45) is 0 Å². The van der Waals surface area contributed by atoms with Crippen LogP contribution in [0.1, 0.15) is 24.2 Å². The van der Waals surface area contributed by atoms with Crippen molar-refractivity contribution in [3.8, 4) is 0 Å². The Morgan fingerprint density at radius 2 is 2.00 bits per heavy atom. The average Bonchev–Trinajstić information content (AvgIpc) is 2.13. The second-order valence-corrected chi connectivity index (χ2v) is 4.19. The second-order valence-electron chi connectivity index (χ2n) is 3.40. The second kappa shape index (κ2) is 4.78. The molecule has 0 aliphatic heterocycles. The summed E-state index contributed by atoms with van der Waals surface area (Å²) >= 11 is 2.82. The van der Waals surface area contributed by atoms with E-state index in [-0.39, 0.29) is 10.2 Å². The Balaban J connectivity index is 3.24. The van der Waals surface area contributed by atoms with Crippen molar-refractivity contribution >= 4 is 27.6 Å². The maximum Gasteiger partial charge on any atom is 0.343 e. The zero-order chi connectivity index (χ0) is 12.5. The first-order chi connectivity index (χ1) is 7.34. The molecule has 0 fully saturated rings. The van der Waals surface area contributed by atoms with E-state index in [0.717, 1.165) is 0 Å². The Kier molecular flexibility index (Phi) is 3.85. The number of nitrogen functional groups attached to an aromatic ring is 1. The fourth-order valence-corrected chi connectivity index (χ4v) is 1.41. The van der Waals surface area contributed by atoms with Gasteiger partial charge in [0.05, 0.1) is 16.3 Å². The van der Waals surface area contributed by atoms with Crippen molar-refractivity contribution < 1.29 is 18.3 Å². The van der Waals surface area contributed by atoms with Gasteiger partial charge in [0.15, 0.2) is 0 Å². The van der Waals surface area contributed by atoms with Crippen LogP contribution >= 0.6 is 15.9 Å². The Morgan fingerprint density at radius 1 is 1.44 bits per heavy atom. The predicted octanol–water partition coefficient (Wildman–Crippen LogP) is 2.87. The minimum atomic E-state index is -1.04. The number of carbonyl (C=O) groups is 1. The van der Waals surface area contributed by atoms with Gasteiger partial charge in [0, 0.05) is 6.07 Å². The van der Waals surface area contributed by atoms with Gasteiger partial charge in [-0.2, -0.15) is 0 Å². The molecular weight excluding hydrogens is 284 g/mol. The minimum Gasteiger partial charge on any atom is -0.459 e. The maximum absolute atomic E-state index is 13.4. The monoisotopic (exact) mass is 293 g/mol. The third-order valence-corrected chi connectivity index (χ3v) is 2.56. The van der Waals surface area contributed by atoms with Gasteiger partial charge in [0.2, 0.25) is 0 Å². The minimum absolute atomic E-state index is 0.149. The Bertz CT molecular complexity index is 435. The van der Waals surface area contributed by atoms with E-state index in [1.54, 1.807) is 13.8 Å². The van der Waals surface area contributed by atoms with E-state index in [4.69, 9.17) is 10.5 Å².